The van der Waals surface area contributed by atoms with Crippen LogP contribution in [-0.4, -0.2) is 28.0 Å². The SMILES string of the molecule is COC(=O)CN(c1cccc(Cl)c1)S(=O)(=O)c1ccc(C)cc1. The van der Waals surface area contributed by atoms with Crippen molar-refractivity contribution < 1.29 is 17.9 Å². The van der Waals surface area contributed by atoms with E-state index in [-0.39, 0.29) is 4.90 Å². The van der Waals surface area contributed by atoms with Gasteiger partial charge in [-0.2, -0.15) is 0 Å². The highest BCUT2D eigenvalue weighted by Gasteiger charge is 2.27. The molecular formula is C16H16ClNO4S. The third-order valence-electron chi connectivity index (χ3n) is 3.21. The van der Waals surface area contributed by atoms with Gasteiger partial charge in [0.25, 0.3) is 10.0 Å². The first-order valence-corrected chi connectivity index (χ1v) is 8.58. The van der Waals surface area contributed by atoms with E-state index >= 15 is 0 Å². The molecule has 0 amide bonds. The molecule has 2 aromatic carbocycles. The van der Waals surface area contributed by atoms with Gasteiger partial charge in [-0.25, -0.2) is 8.42 Å². The average Bonchev–Trinajstić information content (AvgIpc) is 2.52. The van der Waals surface area contributed by atoms with E-state index in [1.54, 1.807) is 30.3 Å². The number of anilines is 1. The van der Waals surface area contributed by atoms with Crippen molar-refractivity contribution in [1.82, 2.24) is 0 Å². The number of hydrogen-bond acceptors (Lipinski definition) is 4. The van der Waals surface area contributed by atoms with Crippen molar-refractivity contribution in [3.8, 4) is 0 Å². The number of halogens is 1. The summed E-state index contributed by atoms with van der Waals surface area (Å²) in [5.41, 5.74) is 1.23. The molecule has 7 heteroatoms. The monoisotopic (exact) mass is 353 g/mol. The zero-order valence-corrected chi connectivity index (χ0v) is 14.3. The molecule has 0 aromatic heterocycles. The first kappa shape index (κ1) is 17.3. The fraction of sp³-hybridized carbons (Fsp3) is 0.188. The topological polar surface area (TPSA) is 63.7 Å². The second kappa shape index (κ2) is 7.02. The van der Waals surface area contributed by atoms with Gasteiger partial charge in [-0.3, -0.25) is 9.10 Å². The van der Waals surface area contributed by atoms with Crippen molar-refractivity contribution in [3.63, 3.8) is 0 Å². The van der Waals surface area contributed by atoms with Gasteiger partial charge in [0.1, 0.15) is 6.54 Å². The molecule has 0 aliphatic rings. The minimum atomic E-state index is -3.92. The number of ether oxygens (including phenoxy) is 1. The van der Waals surface area contributed by atoms with Gasteiger partial charge in [0.2, 0.25) is 0 Å². The molecule has 0 unspecified atom stereocenters. The van der Waals surface area contributed by atoms with Crippen molar-refractivity contribution in [3.05, 3.63) is 59.1 Å². The zero-order chi connectivity index (χ0) is 17.0. The van der Waals surface area contributed by atoms with Crippen molar-refractivity contribution >= 4 is 33.3 Å². The standard InChI is InChI=1S/C16H16ClNO4S/c1-12-6-8-15(9-7-12)23(20,21)18(11-16(19)22-2)14-5-3-4-13(17)10-14/h3-10H,11H2,1-2H3. The molecule has 0 spiro atoms. The van der Waals surface area contributed by atoms with E-state index in [2.05, 4.69) is 4.74 Å². The van der Waals surface area contributed by atoms with Gasteiger partial charge in [-0.1, -0.05) is 35.4 Å². The van der Waals surface area contributed by atoms with E-state index in [0.717, 1.165) is 9.87 Å². The molecule has 122 valence electrons. The van der Waals surface area contributed by atoms with Gasteiger partial charge in [0, 0.05) is 5.02 Å². The van der Waals surface area contributed by atoms with Crippen LogP contribution in [0.15, 0.2) is 53.4 Å². The van der Waals surface area contributed by atoms with E-state index < -0.39 is 22.5 Å². The van der Waals surface area contributed by atoms with Gasteiger partial charge in [-0.15, -0.1) is 0 Å². The van der Waals surface area contributed by atoms with Gasteiger partial charge < -0.3 is 4.74 Å². The smallest absolute Gasteiger partial charge is 0.326 e. The second-order valence-corrected chi connectivity index (χ2v) is 7.18. The van der Waals surface area contributed by atoms with Crippen molar-refractivity contribution in [1.29, 1.82) is 0 Å². The quantitative estimate of drug-likeness (QED) is 0.775. The Morgan fingerprint density at radius 3 is 2.39 bits per heavy atom. The van der Waals surface area contributed by atoms with E-state index in [1.807, 2.05) is 6.92 Å². The van der Waals surface area contributed by atoms with Crippen LogP contribution in [0.4, 0.5) is 5.69 Å². The number of esters is 1. The average molecular weight is 354 g/mol. The summed E-state index contributed by atoms with van der Waals surface area (Å²) in [6, 6.07) is 12.7. The number of carbonyl (C=O) groups is 1. The molecule has 2 aromatic rings. The Balaban J connectivity index is 2.51. The van der Waals surface area contributed by atoms with Crippen LogP contribution >= 0.6 is 11.6 Å². The Labute approximate surface area is 140 Å². The highest BCUT2D eigenvalue weighted by atomic mass is 35.5. The van der Waals surface area contributed by atoms with Crippen LogP contribution < -0.4 is 4.31 Å². The zero-order valence-electron chi connectivity index (χ0n) is 12.7. The minimum absolute atomic E-state index is 0.0898. The number of sulfonamides is 1. The van der Waals surface area contributed by atoms with Crippen LogP contribution in [0, 0.1) is 6.92 Å². The molecule has 0 radical (unpaired) electrons. The summed E-state index contributed by atoms with van der Waals surface area (Å²) in [5, 5.41) is 0.372. The Morgan fingerprint density at radius 2 is 1.83 bits per heavy atom. The lowest BCUT2D eigenvalue weighted by molar-refractivity contribution is -0.138. The molecule has 0 aliphatic carbocycles. The third-order valence-corrected chi connectivity index (χ3v) is 5.23. The molecule has 0 N–H and O–H groups in total. The van der Waals surface area contributed by atoms with Crippen LogP contribution in [0.5, 0.6) is 0 Å². The van der Waals surface area contributed by atoms with Crippen LogP contribution in [0.2, 0.25) is 5.02 Å². The maximum Gasteiger partial charge on any atom is 0.326 e. The summed E-state index contributed by atoms with van der Waals surface area (Å²) in [4.78, 5) is 11.7. The normalized spacial score (nSPS) is 11.1. The number of nitrogens with zero attached hydrogens (tertiary/aromatic N) is 1. The molecule has 0 saturated heterocycles. The predicted octanol–water partition coefficient (Wildman–Crippen LogP) is 3.02. The van der Waals surface area contributed by atoms with Gasteiger partial charge >= 0.3 is 5.97 Å². The lowest BCUT2D eigenvalue weighted by Gasteiger charge is -2.23. The largest absolute Gasteiger partial charge is 0.468 e. The molecule has 0 heterocycles. The molecule has 0 fully saturated rings. The number of rotatable bonds is 5. The Kier molecular flexibility index (Phi) is 5.28. The molecular weight excluding hydrogens is 338 g/mol. The summed E-state index contributed by atoms with van der Waals surface area (Å²) >= 11 is 5.94. The molecule has 0 aliphatic heterocycles. The summed E-state index contributed by atoms with van der Waals surface area (Å²) in [5.74, 6) is -0.666. The van der Waals surface area contributed by atoms with Crippen LogP contribution in [0.25, 0.3) is 0 Å². The maximum absolute atomic E-state index is 12.9. The summed E-state index contributed by atoms with van der Waals surface area (Å²) < 4.78 is 31.3. The van der Waals surface area contributed by atoms with Gasteiger partial charge in [0.05, 0.1) is 17.7 Å². The Morgan fingerprint density at radius 1 is 1.17 bits per heavy atom. The van der Waals surface area contributed by atoms with Gasteiger partial charge in [0.15, 0.2) is 0 Å². The highest BCUT2D eigenvalue weighted by Crippen LogP contribution is 2.26. The van der Waals surface area contributed by atoms with E-state index in [0.29, 0.717) is 10.7 Å². The Bertz CT molecular complexity index is 803. The van der Waals surface area contributed by atoms with E-state index in [1.165, 1.54) is 25.3 Å². The number of hydrogen-bond donors (Lipinski definition) is 0. The highest BCUT2D eigenvalue weighted by molar-refractivity contribution is 7.92. The first-order valence-electron chi connectivity index (χ1n) is 6.76. The lowest BCUT2D eigenvalue weighted by Crippen LogP contribution is -2.36. The fourth-order valence-electron chi connectivity index (χ4n) is 1.97. The Hall–Kier alpha value is -2.05. The molecule has 0 saturated carbocycles. The summed E-state index contributed by atoms with van der Waals surface area (Å²) in [6.07, 6.45) is 0. The molecule has 2 rings (SSSR count). The molecule has 5 nitrogen and oxygen atoms in total. The second-order valence-electron chi connectivity index (χ2n) is 4.88. The number of carbonyl (C=O) groups excluding carboxylic acids is 1. The van der Waals surface area contributed by atoms with Crippen LogP contribution in [-0.2, 0) is 19.6 Å². The minimum Gasteiger partial charge on any atom is -0.468 e. The fourth-order valence-corrected chi connectivity index (χ4v) is 3.55. The molecule has 23 heavy (non-hydrogen) atoms. The lowest BCUT2D eigenvalue weighted by atomic mass is 10.2. The summed E-state index contributed by atoms with van der Waals surface area (Å²) in [7, 11) is -2.71. The first-order chi connectivity index (χ1) is 10.8. The molecule has 0 bridgehead atoms. The number of benzene rings is 2. The molecule has 0 atom stereocenters. The van der Waals surface area contributed by atoms with Crippen molar-refractivity contribution in [2.45, 2.75) is 11.8 Å². The number of methoxy groups -OCH3 is 1. The van der Waals surface area contributed by atoms with Crippen LogP contribution in [0.1, 0.15) is 5.56 Å². The van der Waals surface area contributed by atoms with E-state index in [9.17, 15) is 13.2 Å². The van der Waals surface area contributed by atoms with E-state index in [4.69, 9.17) is 11.6 Å². The third kappa shape index (κ3) is 4.03. The van der Waals surface area contributed by atoms with Crippen LogP contribution in [0.3, 0.4) is 0 Å². The van der Waals surface area contributed by atoms with Crippen molar-refractivity contribution in [2.24, 2.45) is 0 Å². The van der Waals surface area contributed by atoms with Crippen molar-refractivity contribution in [2.75, 3.05) is 18.0 Å². The van der Waals surface area contributed by atoms with Gasteiger partial charge in [-0.05, 0) is 37.3 Å². The summed E-state index contributed by atoms with van der Waals surface area (Å²) in [6.45, 7) is 1.42. The number of aryl methyl sites for hydroxylation is 1. The predicted molar refractivity (Wildman–Crippen MR) is 89.2 cm³/mol. The maximum atomic E-state index is 12.9.